The molecule has 0 aliphatic carbocycles. The van der Waals surface area contributed by atoms with Gasteiger partial charge in [-0.1, -0.05) is 30.3 Å². The van der Waals surface area contributed by atoms with Gasteiger partial charge in [0.25, 0.3) is 11.8 Å². The molecule has 0 saturated carbocycles. The monoisotopic (exact) mass is 452 g/mol. The molecule has 6 heteroatoms. The Morgan fingerprint density at radius 2 is 1.59 bits per heavy atom. The summed E-state index contributed by atoms with van der Waals surface area (Å²) in [6.07, 6.45) is 0. The van der Waals surface area contributed by atoms with Crippen LogP contribution in [0.15, 0.2) is 77.3 Å². The molecule has 3 aromatic rings. The number of ether oxygens (including phenoxy) is 1. The number of anilines is 1. The van der Waals surface area contributed by atoms with Gasteiger partial charge in [0.2, 0.25) is 0 Å². The summed E-state index contributed by atoms with van der Waals surface area (Å²) in [5.41, 5.74) is 2.68. The lowest BCUT2D eigenvalue weighted by molar-refractivity contribution is 0.0950. The maximum absolute atomic E-state index is 12.5. The second-order valence-corrected chi connectivity index (χ2v) is 7.13. The molecule has 2 amide bonds. The largest absolute Gasteiger partial charge is 0.493 e. The number of carbonyl (C=O) groups excluding carboxylic acids is 2. The summed E-state index contributed by atoms with van der Waals surface area (Å²) in [4.78, 5) is 24.7. The van der Waals surface area contributed by atoms with E-state index in [2.05, 4.69) is 26.6 Å². The Hall–Kier alpha value is -3.12. The van der Waals surface area contributed by atoms with E-state index in [1.165, 1.54) is 0 Å². The lowest BCUT2D eigenvalue weighted by Crippen LogP contribution is -2.22. The Balaban J connectivity index is 1.59. The van der Waals surface area contributed by atoms with Gasteiger partial charge < -0.3 is 15.4 Å². The van der Waals surface area contributed by atoms with Crippen LogP contribution < -0.4 is 15.4 Å². The van der Waals surface area contributed by atoms with E-state index in [9.17, 15) is 9.59 Å². The lowest BCUT2D eigenvalue weighted by Gasteiger charge is -2.10. The van der Waals surface area contributed by atoms with Crippen LogP contribution in [0.4, 0.5) is 5.69 Å². The Labute approximate surface area is 178 Å². The van der Waals surface area contributed by atoms with Crippen LogP contribution in [0.3, 0.4) is 0 Å². The third kappa shape index (κ3) is 5.68. The van der Waals surface area contributed by atoms with Gasteiger partial charge in [-0.2, -0.15) is 0 Å². The van der Waals surface area contributed by atoms with Crippen LogP contribution in [0.2, 0.25) is 0 Å². The second kappa shape index (κ2) is 9.89. The van der Waals surface area contributed by atoms with Crippen molar-refractivity contribution in [1.29, 1.82) is 0 Å². The van der Waals surface area contributed by atoms with E-state index in [1.807, 2.05) is 37.3 Å². The molecule has 0 aromatic heterocycles. The minimum absolute atomic E-state index is 0.165. The van der Waals surface area contributed by atoms with Crippen LogP contribution >= 0.6 is 15.9 Å². The quantitative estimate of drug-likeness (QED) is 0.528. The molecule has 0 heterocycles. The zero-order valence-corrected chi connectivity index (χ0v) is 17.5. The fourth-order valence-electron chi connectivity index (χ4n) is 2.70. The fourth-order valence-corrected chi connectivity index (χ4v) is 3.20. The van der Waals surface area contributed by atoms with E-state index in [0.29, 0.717) is 35.7 Å². The van der Waals surface area contributed by atoms with Gasteiger partial charge in [-0.05, 0) is 70.9 Å². The number of halogens is 1. The van der Waals surface area contributed by atoms with E-state index in [1.54, 1.807) is 42.5 Å². The molecule has 0 saturated heterocycles. The maximum atomic E-state index is 12.5. The number of hydrogen-bond donors (Lipinski definition) is 2. The number of rotatable bonds is 7. The molecule has 2 N–H and O–H groups in total. The Morgan fingerprint density at radius 3 is 2.24 bits per heavy atom. The van der Waals surface area contributed by atoms with Gasteiger partial charge in [-0.3, -0.25) is 9.59 Å². The first-order chi connectivity index (χ1) is 14.1. The van der Waals surface area contributed by atoms with Gasteiger partial charge in [0, 0.05) is 23.4 Å². The van der Waals surface area contributed by atoms with E-state index in [-0.39, 0.29) is 11.8 Å². The lowest BCUT2D eigenvalue weighted by atomic mass is 10.1. The Kier molecular flexibility index (Phi) is 7.03. The molecule has 0 radical (unpaired) electrons. The second-order valence-electron chi connectivity index (χ2n) is 6.28. The number of carbonyl (C=O) groups is 2. The standard InChI is InChI=1S/C23H21BrN2O3/c1-2-29-21-13-10-18(14-20(21)24)23(28)26-19-11-8-17(9-12-19)22(27)25-15-16-6-4-3-5-7-16/h3-14H,2,15H2,1H3,(H,25,27)(H,26,28). The zero-order chi connectivity index (χ0) is 20.6. The van der Waals surface area contributed by atoms with Crippen molar-refractivity contribution in [3.05, 3.63) is 94.0 Å². The molecule has 3 aromatic carbocycles. The minimum Gasteiger partial charge on any atom is -0.493 e. The molecule has 148 valence electrons. The zero-order valence-electron chi connectivity index (χ0n) is 15.9. The van der Waals surface area contributed by atoms with Crippen LogP contribution in [0.5, 0.6) is 5.75 Å². The predicted octanol–water partition coefficient (Wildman–Crippen LogP) is 5.03. The molecule has 29 heavy (non-hydrogen) atoms. The highest BCUT2D eigenvalue weighted by atomic mass is 79.9. The van der Waals surface area contributed by atoms with Crippen molar-refractivity contribution >= 4 is 33.4 Å². The third-order valence-electron chi connectivity index (χ3n) is 4.19. The van der Waals surface area contributed by atoms with Gasteiger partial charge in [-0.25, -0.2) is 0 Å². The summed E-state index contributed by atoms with van der Waals surface area (Å²) in [5, 5.41) is 5.71. The average molecular weight is 453 g/mol. The molecular formula is C23H21BrN2O3. The minimum atomic E-state index is -0.241. The molecule has 3 rings (SSSR count). The average Bonchev–Trinajstić information content (AvgIpc) is 2.75. The highest BCUT2D eigenvalue weighted by molar-refractivity contribution is 9.10. The van der Waals surface area contributed by atoms with Crippen LogP contribution in [0.25, 0.3) is 0 Å². The first kappa shape index (κ1) is 20.6. The topological polar surface area (TPSA) is 67.4 Å². The van der Waals surface area contributed by atoms with E-state index < -0.39 is 0 Å². The van der Waals surface area contributed by atoms with Gasteiger partial charge in [0.1, 0.15) is 5.75 Å². The number of nitrogens with one attached hydrogen (secondary N) is 2. The van der Waals surface area contributed by atoms with Crippen molar-refractivity contribution in [1.82, 2.24) is 5.32 Å². The van der Waals surface area contributed by atoms with Crippen LogP contribution in [0, 0.1) is 0 Å². The summed E-state index contributed by atoms with van der Waals surface area (Å²) >= 11 is 3.41. The third-order valence-corrected chi connectivity index (χ3v) is 4.81. The summed E-state index contributed by atoms with van der Waals surface area (Å²) in [5.74, 6) is 0.284. The van der Waals surface area contributed by atoms with E-state index in [0.717, 1.165) is 10.0 Å². The molecule has 0 bridgehead atoms. The van der Waals surface area contributed by atoms with Gasteiger partial charge >= 0.3 is 0 Å². The first-order valence-electron chi connectivity index (χ1n) is 9.22. The van der Waals surface area contributed by atoms with Crippen molar-refractivity contribution in [2.45, 2.75) is 13.5 Å². The van der Waals surface area contributed by atoms with Crippen LogP contribution in [-0.2, 0) is 6.54 Å². The first-order valence-corrected chi connectivity index (χ1v) is 10.0. The molecule has 0 unspecified atom stereocenters. The van der Waals surface area contributed by atoms with Crippen molar-refractivity contribution < 1.29 is 14.3 Å². The highest BCUT2D eigenvalue weighted by Crippen LogP contribution is 2.26. The Morgan fingerprint density at radius 1 is 0.897 bits per heavy atom. The van der Waals surface area contributed by atoms with Crippen LogP contribution in [-0.4, -0.2) is 18.4 Å². The number of hydrogen-bond acceptors (Lipinski definition) is 3. The molecular weight excluding hydrogens is 432 g/mol. The molecule has 0 fully saturated rings. The summed E-state index contributed by atoms with van der Waals surface area (Å²) in [6, 6.07) is 21.7. The van der Waals surface area contributed by atoms with Crippen molar-refractivity contribution in [3.8, 4) is 5.75 Å². The SMILES string of the molecule is CCOc1ccc(C(=O)Nc2ccc(C(=O)NCc3ccccc3)cc2)cc1Br. The molecule has 0 aliphatic heterocycles. The molecule has 0 aliphatic rings. The normalized spacial score (nSPS) is 10.3. The summed E-state index contributed by atoms with van der Waals surface area (Å²) in [6.45, 7) is 2.92. The Bertz CT molecular complexity index is 989. The predicted molar refractivity (Wildman–Crippen MR) is 117 cm³/mol. The van der Waals surface area contributed by atoms with Gasteiger partial charge in [0.05, 0.1) is 11.1 Å². The van der Waals surface area contributed by atoms with E-state index in [4.69, 9.17) is 4.74 Å². The number of amides is 2. The smallest absolute Gasteiger partial charge is 0.255 e. The summed E-state index contributed by atoms with van der Waals surface area (Å²) < 4.78 is 6.18. The van der Waals surface area contributed by atoms with Crippen LogP contribution in [0.1, 0.15) is 33.2 Å². The van der Waals surface area contributed by atoms with E-state index >= 15 is 0 Å². The van der Waals surface area contributed by atoms with Crippen molar-refractivity contribution in [2.24, 2.45) is 0 Å². The fraction of sp³-hybridized carbons (Fsp3) is 0.130. The summed E-state index contributed by atoms with van der Waals surface area (Å²) in [7, 11) is 0. The molecule has 5 nitrogen and oxygen atoms in total. The van der Waals surface area contributed by atoms with Gasteiger partial charge in [-0.15, -0.1) is 0 Å². The molecule has 0 spiro atoms. The molecule has 0 atom stereocenters. The van der Waals surface area contributed by atoms with Crippen molar-refractivity contribution in [2.75, 3.05) is 11.9 Å². The number of benzene rings is 3. The van der Waals surface area contributed by atoms with Gasteiger partial charge in [0.15, 0.2) is 0 Å². The maximum Gasteiger partial charge on any atom is 0.255 e. The van der Waals surface area contributed by atoms with Crippen molar-refractivity contribution in [3.63, 3.8) is 0 Å². The highest BCUT2D eigenvalue weighted by Gasteiger charge is 2.11.